The molecule has 0 saturated heterocycles. The Hall–Kier alpha value is 0.460. The van der Waals surface area contributed by atoms with E-state index in [0.29, 0.717) is 0 Å². The van der Waals surface area contributed by atoms with Crippen molar-refractivity contribution >= 4 is 39.1 Å². The van der Waals surface area contributed by atoms with Gasteiger partial charge in [0, 0.05) is 4.92 Å². The van der Waals surface area contributed by atoms with E-state index in [1.165, 1.54) is 0 Å². The molecule has 3 nitrogen and oxygen atoms in total. The van der Waals surface area contributed by atoms with Gasteiger partial charge in [0.1, 0.15) is 0 Å². The van der Waals surface area contributed by atoms with E-state index < -0.39 is 14.7 Å². The van der Waals surface area contributed by atoms with Crippen molar-refractivity contribution in [3.63, 3.8) is 0 Å². The van der Waals surface area contributed by atoms with Crippen LogP contribution in [0, 0.1) is 10.1 Å². The van der Waals surface area contributed by atoms with Crippen LogP contribution in [0.1, 0.15) is 0 Å². The van der Waals surface area contributed by atoms with Crippen molar-refractivity contribution in [1.29, 1.82) is 0 Å². The lowest BCUT2D eigenvalue weighted by atomic mass is 10.8. The van der Waals surface area contributed by atoms with Gasteiger partial charge in [-0.15, -0.1) is 0 Å². The van der Waals surface area contributed by atoms with Crippen LogP contribution < -0.4 is 0 Å². The summed E-state index contributed by atoms with van der Waals surface area (Å²) in [6.07, 6.45) is 0. The van der Waals surface area contributed by atoms with E-state index in [-0.39, 0.29) is 0 Å². The molecule has 0 aliphatic carbocycles. The zero-order valence-corrected chi connectivity index (χ0v) is 6.70. The van der Waals surface area contributed by atoms with Crippen LogP contribution in [0.5, 0.6) is 0 Å². The molecule has 48 valence electrons. The van der Waals surface area contributed by atoms with Crippen LogP contribution in [-0.4, -0.2) is 14.7 Å². The van der Waals surface area contributed by atoms with Crippen LogP contribution in [0.25, 0.3) is 0 Å². The number of halogens is 3. The number of alkyl halides is 3. The Bertz CT molecular complexity index is 101. The van der Waals surface area contributed by atoms with Gasteiger partial charge >= 0.3 is 0 Å². The molecule has 0 heterocycles. The van der Waals surface area contributed by atoms with E-state index >= 15 is 0 Å². The third-order valence-corrected chi connectivity index (χ3v) is 0.798. The zero-order chi connectivity index (χ0) is 6.78. The first-order chi connectivity index (χ1) is 3.42. The molecule has 0 bridgehead atoms. The lowest BCUT2D eigenvalue weighted by Crippen LogP contribution is -2.16. The smallest absolute Gasteiger partial charge is 0.246 e. The molecule has 0 aliphatic heterocycles. The summed E-state index contributed by atoms with van der Waals surface area (Å²) in [4.78, 5) is 9.02. The minimum atomic E-state index is -1.42. The van der Waals surface area contributed by atoms with Crippen LogP contribution in [0.15, 0.2) is 0 Å². The summed E-state index contributed by atoms with van der Waals surface area (Å²) in [5.41, 5.74) is 0. The Morgan fingerprint density at radius 1 is 1.75 bits per heavy atom. The highest BCUT2D eigenvalue weighted by molar-refractivity contribution is 9.11. The summed E-state index contributed by atoms with van der Waals surface area (Å²) in [6.45, 7) is -0.504. The second-order valence-corrected chi connectivity index (χ2v) is 4.86. The Morgan fingerprint density at radius 2 is 2.12 bits per heavy atom. The predicted molar refractivity (Wildman–Crippen MR) is 35.2 cm³/mol. The van der Waals surface area contributed by atoms with Crippen molar-refractivity contribution in [2.24, 2.45) is 0 Å². The van der Waals surface area contributed by atoms with Crippen molar-refractivity contribution in [2.75, 3.05) is 6.54 Å². The molecule has 0 saturated carbocycles. The number of hydrogen-bond acceptors (Lipinski definition) is 2. The molecule has 8 heavy (non-hydrogen) atoms. The van der Waals surface area contributed by atoms with E-state index in [0.717, 1.165) is 0 Å². The van der Waals surface area contributed by atoms with Gasteiger partial charge < -0.3 is 0 Å². The quantitative estimate of drug-likeness (QED) is 0.406. The molecule has 0 aromatic heterocycles. The van der Waals surface area contributed by atoms with Crippen molar-refractivity contribution in [3.8, 4) is 0 Å². The van der Waals surface area contributed by atoms with E-state index in [1.54, 1.807) is 0 Å². The summed E-state index contributed by atoms with van der Waals surface area (Å²) in [6, 6.07) is 0. The standard InChI is InChI=1S/C2H2BrCl2NO2/c3-2(4,5)1-6(7)8/h1H2. The lowest BCUT2D eigenvalue weighted by molar-refractivity contribution is -0.477. The Balaban J connectivity index is 3.55. The molecule has 0 unspecified atom stereocenters. The summed E-state index contributed by atoms with van der Waals surface area (Å²) < 4.78 is -1.42. The Morgan fingerprint density at radius 3 is 2.12 bits per heavy atom. The number of rotatable bonds is 2. The Kier molecular flexibility index (Phi) is 3.01. The Labute approximate surface area is 64.2 Å². The van der Waals surface area contributed by atoms with Gasteiger partial charge in [0.2, 0.25) is 9.79 Å². The highest BCUT2D eigenvalue weighted by atomic mass is 79.9. The molecule has 0 fully saturated rings. The fraction of sp³-hybridized carbons (Fsp3) is 1.00. The molecule has 0 aromatic rings. The predicted octanol–water partition coefficient (Wildman–Crippen LogP) is 1.79. The highest BCUT2D eigenvalue weighted by Crippen LogP contribution is 2.27. The van der Waals surface area contributed by atoms with Gasteiger partial charge in [-0.1, -0.05) is 23.2 Å². The van der Waals surface area contributed by atoms with Crippen molar-refractivity contribution in [2.45, 2.75) is 3.24 Å². The highest BCUT2D eigenvalue weighted by Gasteiger charge is 2.25. The average Bonchev–Trinajstić information content (AvgIpc) is 1.21. The third-order valence-electron chi connectivity index (χ3n) is 0.308. The first-order valence-electron chi connectivity index (χ1n) is 1.60. The van der Waals surface area contributed by atoms with Crippen LogP contribution in [0.4, 0.5) is 0 Å². The molecule has 6 heteroatoms. The topological polar surface area (TPSA) is 43.1 Å². The molecule has 0 radical (unpaired) electrons. The third kappa shape index (κ3) is 6.46. The molecule has 0 atom stereocenters. The van der Waals surface area contributed by atoms with E-state index in [4.69, 9.17) is 23.2 Å². The van der Waals surface area contributed by atoms with Crippen molar-refractivity contribution < 1.29 is 4.92 Å². The van der Waals surface area contributed by atoms with Crippen LogP contribution in [0.3, 0.4) is 0 Å². The van der Waals surface area contributed by atoms with Gasteiger partial charge in [-0.25, -0.2) is 0 Å². The summed E-state index contributed by atoms with van der Waals surface area (Å²) >= 11 is 13.0. The lowest BCUT2D eigenvalue weighted by Gasteiger charge is -2.01. The monoisotopic (exact) mass is 221 g/mol. The fourth-order valence-electron chi connectivity index (χ4n) is 0.146. The normalized spacial score (nSPS) is 11.4. The van der Waals surface area contributed by atoms with Gasteiger partial charge in [0.25, 0.3) is 0 Å². The summed E-state index contributed by atoms with van der Waals surface area (Å²) in [5.74, 6) is 0. The molecule has 0 aliphatic rings. The molecule has 0 aromatic carbocycles. The van der Waals surface area contributed by atoms with Crippen molar-refractivity contribution in [1.82, 2.24) is 0 Å². The maximum atomic E-state index is 9.62. The second kappa shape index (κ2) is 2.85. The molecule has 0 rings (SSSR count). The molecule has 0 amide bonds. The number of hydrogen-bond donors (Lipinski definition) is 0. The van der Waals surface area contributed by atoms with E-state index in [2.05, 4.69) is 15.9 Å². The van der Waals surface area contributed by atoms with Gasteiger partial charge in [-0.2, -0.15) is 0 Å². The van der Waals surface area contributed by atoms with Crippen molar-refractivity contribution in [3.05, 3.63) is 10.1 Å². The summed E-state index contributed by atoms with van der Waals surface area (Å²) in [7, 11) is 0. The van der Waals surface area contributed by atoms with Gasteiger partial charge in [0.15, 0.2) is 0 Å². The molecule has 0 spiro atoms. The molecular formula is C2H2BrCl2NO2. The van der Waals surface area contributed by atoms with Crippen LogP contribution >= 0.6 is 39.1 Å². The van der Waals surface area contributed by atoms with Crippen LogP contribution in [-0.2, 0) is 0 Å². The second-order valence-electron chi connectivity index (χ2n) is 1.11. The molecular weight excluding hydrogens is 221 g/mol. The zero-order valence-electron chi connectivity index (χ0n) is 3.60. The number of nitrogens with zero attached hydrogens (tertiary/aromatic N) is 1. The fourth-order valence-corrected chi connectivity index (χ4v) is 0.546. The maximum Gasteiger partial charge on any atom is 0.246 e. The minimum Gasteiger partial charge on any atom is -0.264 e. The SMILES string of the molecule is O=[N+]([O-])CC(Cl)(Cl)Br. The van der Waals surface area contributed by atoms with Gasteiger partial charge in [0.05, 0.1) is 0 Å². The summed E-state index contributed by atoms with van der Waals surface area (Å²) in [5, 5.41) is 9.62. The van der Waals surface area contributed by atoms with Crippen LogP contribution in [0.2, 0.25) is 0 Å². The largest absolute Gasteiger partial charge is 0.264 e. The van der Waals surface area contributed by atoms with Gasteiger partial charge in [-0.3, -0.25) is 10.1 Å². The number of nitro groups is 1. The minimum absolute atomic E-state index is 0.504. The van der Waals surface area contributed by atoms with E-state index in [1.807, 2.05) is 0 Å². The average molecular weight is 223 g/mol. The first kappa shape index (κ1) is 8.46. The first-order valence-corrected chi connectivity index (χ1v) is 3.15. The van der Waals surface area contributed by atoms with E-state index in [9.17, 15) is 10.1 Å². The van der Waals surface area contributed by atoms with Gasteiger partial charge in [-0.05, 0) is 15.9 Å². The maximum absolute atomic E-state index is 9.62. The molecule has 0 N–H and O–H groups in total.